The summed E-state index contributed by atoms with van der Waals surface area (Å²) < 4.78 is 6.02. The monoisotopic (exact) mass is 284 g/mol. The molecule has 0 unspecified atom stereocenters. The van der Waals surface area contributed by atoms with Crippen molar-refractivity contribution >= 4 is 21.9 Å². The summed E-state index contributed by atoms with van der Waals surface area (Å²) in [5, 5.41) is 11.1. The van der Waals surface area contributed by atoms with Crippen LogP contribution in [0.15, 0.2) is 59.1 Å². The van der Waals surface area contributed by atoms with Crippen molar-refractivity contribution in [2.24, 2.45) is 0 Å². The minimum Gasteiger partial charge on any atom is -0.455 e. The van der Waals surface area contributed by atoms with E-state index in [9.17, 15) is 0 Å². The molecule has 0 saturated heterocycles. The van der Waals surface area contributed by atoms with Crippen LogP contribution in [0.5, 0.6) is 0 Å². The molecule has 0 fully saturated rings. The van der Waals surface area contributed by atoms with Crippen LogP contribution in [0.3, 0.4) is 0 Å². The second kappa shape index (κ2) is 4.71. The van der Waals surface area contributed by atoms with Crippen molar-refractivity contribution in [2.45, 2.75) is 6.92 Å². The lowest BCUT2D eigenvalue weighted by molar-refractivity contribution is 0.669. The summed E-state index contributed by atoms with van der Waals surface area (Å²) in [5.41, 5.74) is 5.11. The summed E-state index contributed by atoms with van der Waals surface area (Å²) in [6.07, 6.45) is 1.85. The number of hydrogen-bond acceptors (Lipinski definition) is 3. The molecule has 2 aromatic carbocycles. The molecule has 0 amide bonds. The van der Waals surface area contributed by atoms with Crippen LogP contribution in [-0.2, 0) is 0 Å². The first-order valence-electron chi connectivity index (χ1n) is 7.05. The van der Waals surface area contributed by atoms with Crippen LogP contribution in [0.2, 0.25) is 0 Å². The first-order valence-corrected chi connectivity index (χ1v) is 7.05. The Hall–Kier alpha value is -3.12. The third-order valence-electron chi connectivity index (χ3n) is 3.82. The number of nitrogens with zero attached hydrogens (tertiary/aromatic N) is 2. The number of aryl methyl sites for hydroxylation is 1. The van der Waals surface area contributed by atoms with E-state index in [1.807, 2.05) is 55.6 Å². The molecule has 4 aromatic rings. The molecular weight excluding hydrogens is 272 g/mol. The lowest BCUT2D eigenvalue weighted by Gasteiger charge is -2.02. The van der Waals surface area contributed by atoms with Gasteiger partial charge in [0.2, 0.25) is 0 Å². The van der Waals surface area contributed by atoms with Gasteiger partial charge in [-0.15, -0.1) is 0 Å². The van der Waals surface area contributed by atoms with E-state index in [2.05, 4.69) is 11.1 Å². The van der Waals surface area contributed by atoms with Gasteiger partial charge in [-0.2, -0.15) is 5.26 Å². The van der Waals surface area contributed by atoms with Gasteiger partial charge in [0.25, 0.3) is 0 Å². The largest absolute Gasteiger partial charge is 0.455 e. The molecule has 4 rings (SSSR count). The highest BCUT2D eigenvalue weighted by Gasteiger charge is 2.13. The van der Waals surface area contributed by atoms with E-state index in [1.54, 1.807) is 6.07 Å². The molecule has 0 atom stereocenters. The zero-order valence-corrected chi connectivity index (χ0v) is 12.0. The van der Waals surface area contributed by atoms with Crippen LogP contribution >= 0.6 is 0 Å². The van der Waals surface area contributed by atoms with E-state index in [4.69, 9.17) is 9.68 Å². The van der Waals surface area contributed by atoms with Gasteiger partial charge in [0.05, 0.1) is 17.3 Å². The van der Waals surface area contributed by atoms with E-state index in [1.165, 1.54) is 0 Å². The van der Waals surface area contributed by atoms with Crippen molar-refractivity contribution in [3.63, 3.8) is 0 Å². The predicted molar refractivity (Wildman–Crippen MR) is 86.4 cm³/mol. The van der Waals surface area contributed by atoms with Gasteiger partial charge in [0.15, 0.2) is 0 Å². The maximum atomic E-state index is 9.03. The molecule has 0 spiro atoms. The summed E-state index contributed by atoms with van der Waals surface area (Å²) in [6, 6.07) is 17.8. The van der Waals surface area contributed by atoms with E-state index >= 15 is 0 Å². The Morgan fingerprint density at radius 1 is 1.05 bits per heavy atom. The average Bonchev–Trinajstić information content (AvgIpc) is 2.93. The van der Waals surface area contributed by atoms with Gasteiger partial charge in [-0.05, 0) is 42.8 Å². The number of para-hydroxylation sites is 1. The second-order valence-corrected chi connectivity index (χ2v) is 5.33. The SMILES string of the molecule is Cc1ccc(-c2cccc3c2oc2cc(C#N)ccc23)nc1. The van der Waals surface area contributed by atoms with Crippen LogP contribution in [0.25, 0.3) is 33.2 Å². The molecule has 2 heterocycles. The van der Waals surface area contributed by atoms with Crippen molar-refractivity contribution < 1.29 is 4.42 Å². The van der Waals surface area contributed by atoms with E-state index < -0.39 is 0 Å². The van der Waals surface area contributed by atoms with Crippen molar-refractivity contribution in [2.75, 3.05) is 0 Å². The van der Waals surface area contributed by atoms with Crippen LogP contribution in [0, 0.1) is 18.3 Å². The number of nitriles is 1. The standard InChI is InChI=1S/C19H12N2O/c1-12-5-8-17(21-11-12)16-4-2-3-15-14-7-6-13(10-20)9-18(14)22-19(15)16/h2-9,11H,1H3. The minimum atomic E-state index is 0.599. The molecule has 22 heavy (non-hydrogen) atoms. The Balaban J connectivity index is 2.04. The molecule has 104 valence electrons. The lowest BCUT2D eigenvalue weighted by Crippen LogP contribution is -1.84. The fraction of sp³-hybridized carbons (Fsp3) is 0.0526. The highest BCUT2D eigenvalue weighted by molar-refractivity contribution is 6.09. The number of benzene rings is 2. The summed E-state index contributed by atoms with van der Waals surface area (Å²) in [6.45, 7) is 2.02. The van der Waals surface area contributed by atoms with Crippen molar-refractivity contribution in [1.82, 2.24) is 4.98 Å². The summed E-state index contributed by atoms with van der Waals surface area (Å²) in [4.78, 5) is 4.49. The molecule has 0 aliphatic rings. The number of pyridine rings is 1. The minimum absolute atomic E-state index is 0.599. The summed E-state index contributed by atoms with van der Waals surface area (Å²) in [5.74, 6) is 0. The number of furan rings is 1. The Bertz CT molecular complexity index is 1040. The summed E-state index contributed by atoms with van der Waals surface area (Å²) >= 11 is 0. The quantitative estimate of drug-likeness (QED) is 0.503. The Morgan fingerprint density at radius 2 is 1.95 bits per heavy atom. The molecule has 3 nitrogen and oxygen atoms in total. The molecule has 3 heteroatoms. The lowest BCUT2D eigenvalue weighted by atomic mass is 10.1. The smallest absolute Gasteiger partial charge is 0.144 e. The molecule has 0 N–H and O–H groups in total. The van der Waals surface area contributed by atoms with Gasteiger partial charge < -0.3 is 4.42 Å². The van der Waals surface area contributed by atoms with E-state index in [-0.39, 0.29) is 0 Å². The molecule has 0 radical (unpaired) electrons. The molecule has 0 saturated carbocycles. The Morgan fingerprint density at radius 3 is 2.73 bits per heavy atom. The summed E-state index contributed by atoms with van der Waals surface area (Å²) in [7, 11) is 0. The first-order chi connectivity index (χ1) is 10.8. The highest BCUT2D eigenvalue weighted by Crippen LogP contribution is 2.35. The van der Waals surface area contributed by atoms with Gasteiger partial charge in [-0.3, -0.25) is 4.98 Å². The van der Waals surface area contributed by atoms with Gasteiger partial charge in [-0.25, -0.2) is 0 Å². The van der Waals surface area contributed by atoms with E-state index in [0.717, 1.165) is 38.8 Å². The fourth-order valence-electron chi connectivity index (χ4n) is 2.70. The average molecular weight is 284 g/mol. The topological polar surface area (TPSA) is 49.8 Å². The first kappa shape index (κ1) is 12.6. The third-order valence-corrected chi connectivity index (χ3v) is 3.82. The normalized spacial score (nSPS) is 10.9. The Labute approximate surface area is 127 Å². The number of hydrogen-bond donors (Lipinski definition) is 0. The fourth-order valence-corrected chi connectivity index (χ4v) is 2.70. The molecule has 0 aliphatic heterocycles. The van der Waals surface area contributed by atoms with Gasteiger partial charge in [0, 0.05) is 22.5 Å². The highest BCUT2D eigenvalue weighted by atomic mass is 16.3. The van der Waals surface area contributed by atoms with E-state index in [0.29, 0.717) is 5.56 Å². The van der Waals surface area contributed by atoms with Gasteiger partial charge >= 0.3 is 0 Å². The van der Waals surface area contributed by atoms with Gasteiger partial charge in [-0.1, -0.05) is 18.2 Å². The van der Waals surface area contributed by atoms with Crippen LogP contribution in [0.4, 0.5) is 0 Å². The maximum Gasteiger partial charge on any atom is 0.144 e. The van der Waals surface area contributed by atoms with Gasteiger partial charge in [0.1, 0.15) is 11.2 Å². The zero-order chi connectivity index (χ0) is 15.1. The number of aromatic nitrogens is 1. The third kappa shape index (κ3) is 1.86. The second-order valence-electron chi connectivity index (χ2n) is 5.33. The van der Waals surface area contributed by atoms with Crippen molar-refractivity contribution in [3.8, 4) is 17.3 Å². The molecule has 0 bridgehead atoms. The van der Waals surface area contributed by atoms with Crippen LogP contribution < -0.4 is 0 Å². The molecular formula is C19H12N2O. The van der Waals surface area contributed by atoms with Crippen LogP contribution in [-0.4, -0.2) is 4.98 Å². The van der Waals surface area contributed by atoms with Crippen molar-refractivity contribution in [3.05, 3.63) is 65.9 Å². The molecule has 2 aromatic heterocycles. The van der Waals surface area contributed by atoms with Crippen LogP contribution in [0.1, 0.15) is 11.1 Å². The Kier molecular flexibility index (Phi) is 2.70. The van der Waals surface area contributed by atoms with Crippen molar-refractivity contribution in [1.29, 1.82) is 5.26 Å². The number of rotatable bonds is 1. The zero-order valence-electron chi connectivity index (χ0n) is 12.0. The maximum absolute atomic E-state index is 9.03. The number of fused-ring (bicyclic) bond motifs is 3. The predicted octanol–water partition coefficient (Wildman–Crippen LogP) is 4.83. The molecule has 0 aliphatic carbocycles.